The van der Waals surface area contributed by atoms with Crippen LogP contribution >= 0.6 is 7.82 Å². The molecule has 1 rings (SSSR count). The van der Waals surface area contributed by atoms with Crippen molar-refractivity contribution in [3.63, 3.8) is 0 Å². The van der Waals surface area contributed by atoms with Crippen LogP contribution in [-0.4, -0.2) is 17.8 Å². The molecule has 0 aliphatic rings. The third kappa shape index (κ3) is 17.9. The number of phosphoric acid groups is 1. The first-order chi connectivity index (χ1) is 14.0. The van der Waals surface area contributed by atoms with Crippen LogP contribution in [0.25, 0.3) is 0 Å². The highest BCUT2D eigenvalue weighted by Crippen LogP contribution is 2.38. The highest BCUT2D eigenvalue weighted by atomic mass is 31.2. The van der Waals surface area contributed by atoms with Crippen LogP contribution < -0.4 is 9.46 Å². The van der Waals surface area contributed by atoms with Gasteiger partial charge in [0, 0.05) is 0 Å². The Bertz CT molecular complexity index is 509. The Morgan fingerprint density at radius 3 is 1.83 bits per heavy atom. The molecule has 172 valence electrons. The maximum absolute atomic E-state index is 11.0. The zero-order valence-electron chi connectivity index (χ0n) is 19.3. The molecule has 0 aliphatic heterocycles. The fraction of sp³-hybridized carbons (Fsp3) is 0.864. The largest absolute Gasteiger partial charge is 0.756 e. The minimum atomic E-state index is -4.00. The van der Waals surface area contributed by atoms with Gasteiger partial charge in [0.1, 0.15) is 12.4 Å². The van der Waals surface area contributed by atoms with E-state index in [1.165, 1.54) is 51.5 Å². The molecule has 0 aliphatic carbocycles. The average molecular weight is 433 g/mol. The third-order valence-corrected chi connectivity index (χ3v) is 5.62. The lowest BCUT2D eigenvalue weighted by Gasteiger charge is -2.22. The molecule has 6 nitrogen and oxygen atoms in total. The zero-order chi connectivity index (χ0) is 21.8. The summed E-state index contributed by atoms with van der Waals surface area (Å²) in [5.74, 6) is 0. The highest BCUT2D eigenvalue weighted by Gasteiger charge is 2.07. The number of rotatable bonds is 17. The maximum atomic E-state index is 11.0. The predicted molar refractivity (Wildman–Crippen MR) is 118 cm³/mol. The zero-order valence-corrected chi connectivity index (χ0v) is 20.2. The number of aromatic nitrogens is 2. The van der Waals surface area contributed by atoms with E-state index in [-0.39, 0.29) is 13.2 Å². The van der Waals surface area contributed by atoms with Gasteiger partial charge in [-0.2, -0.15) is 0 Å². The van der Waals surface area contributed by atoms with E-state index in [0.717, 1.165) is 32.2 Å². The van der Waals surface area contributed by atoms with E-state index in [9.17, 15) is 9.46 Å². The van der Waals surface area contributed by atoms with Gasteiger partial charge < -0.3 is 13.9 Å². The minimum Gasteiger partial charge on any atom is -0.756 e. The molecule has 29 heavy (non-hydrogen) atoms. The lowest BCUT2D eigenvalue weighted by molar-refractivity contribution is -0.696. The molecule has 0 radical (unpaired) electrons. The van der Waals surface area contributed by atoms with Crippen LogP contribution in [0.15, 0.2) is 18.7 Å². The predicted octanol–water partition coefficient (Wildman–Crippen LogP) is 5.63. The summed E-state index contributed by atoms with van der Waals surface area (Å²) in [5.41, 5.74) is 0. The lowest BCUT2D eigenvalue weighted by atomic mass is 10.1. The molecule has 0 atom stereocenters. The second kappa shape index (κ2) is 19.3. The summed E-state index contributed by atoms with van der Waals surface area (Å²) in [6.45, 7) is 11.1. The van der Waals surface area contributed by atoms with Crippen LogP contribution in [0.5, 0.6) is 0 Å². The summed E-state index contributed by atoms with van der Waals surface area (Å²) in [7, 11) is -4.00. The maximum Gasteiger partial charge on any atom is 0.267 e. The van der Waals surface area contributed by atoms with E-state index in [2.05, 4.69) is 50.8 Å². The van der Waals surface area contributed by atoms with Crippen molar-refractivity contribution in [2.24, 2.45) is 0 Å². The van der Waals surface area contributed by atoms with Gasteiger partial charge in [-0.25, -0.2) is 9.13 Å². The second-order valence-corrected chi connectivity index (χ2v) is 8.83. The van der Waals surface area contributed by atoms with Gasteiger partial charge in [0.15, 0.2) is 0 Å². The monoisotopic (exact) mass is 432 g/mol. The van der Waals surface area contributed by atoms with Gasteiger partial charge in [0.2, 0.25) is 6.33 Å². The van der Waals surface area contributed by atoms with Gasteiger partial charge in [-0.1, -0.05) is 65.7 Å². The molecule has 0 amide bonds. The first-order valence-corrected chi connectivity index (χ1v) is 13.1. The SMILES string of the molecule is CCCCCCCCC[n+]1ccn(CC)c1.CCCCOP(=O)([O-])OCCCC. The van der Waals surface area contributed by atoms with Crippen molar-refractivity contribution in [3.05, 3.63) is 18.7 Å². The van der Waals surface area contributed by atoms with Crippen molar-refractivity contribution < 1.29 is 23.1 Å². The molecule has 0 N–H and O–H groups in total. The number of imidazole rings is 1. The van der Waals surface area contributed by atoms with Crippen molar-refractivity contribution in [2.75, 3.05) is 13.2 Å². The third-order valence-electron chi connectivity index (χ3n) is 4.63. The van der Waals surface area contributed by atoms with Gasteiger partial charge in [-0.15, -0.1) is 0 Å². The Balaban J connectivity index is 0.000000555. The number of phosphoric ester groups is 1. The normalized spacial score (nSPS) is 11.3. The smallest absolute Gasteiger partial charge is 0.267 e. The Kier molecular flexibility index (Phi) is 18.8. The Morgan fingerprint density at radius 1 is 0.828 bits per heavy atom. The summed E-state index contributed by atoms with van der Waals surface area (Å²) in [6.07, 6.45) is 19.6. The van der Waals surface area contributed by atoms with Crippen molar-refractivity contribution >= 4 is 7.82 Å². The van der Waals surface area contributed by atoms with Crippen LogP contribution in [0, 0.1) is 0 Å². The van der Waals surface area contributed by atoms with Gasteiger partial charge in [-0.05, 0) is 32.6 Å². The molecule has 0 aromatic carbocycles. The van der Waals surface area contributed by atoms with E-state index >= 15 is 0 Å². The molecule has 0 saturated carbocycles. The fourth-order valence-corrected chi connectivity index (χ4v) is 3.47. The number of nitrogens with zero attached hydrogens (tertiary/aromatic N) is 2. The molecule has 1 aromatic rings. The first kappa shape index (κ1) is 28.3. The summed E-state index contributed by atoms with van der Waals surface area (Å²) in [5, 5.41) is 0. The standard InChI is InChI=1S/C14H27N2.C8H19O4P/c1-3-5-6-7-8-9-10-11-16-13-12-15(4-2)14-16;1-3-5-7-11-13(9,10)12-8-6-4-2/h12-14H,3-11H2,1-2H3;3-8H2,1-2H3,(H,9,10)/q+1;/p-1. The van der Waals surface area contributed by atoms with E-state index < -0.39 is 7.82 Å². The fourth-order valence-electron chi connectivity index (χ4n) is 2.69. The topological polar surface area (TPSA) is 67.4 Å². The molecular weight excluding hydrogens is 387 g/mol. The first-order valence-electron chi connectivity index (χ1n) is 11.6. The average Bonchev–Trinajstić information content (AvgIpc) is 3.16. The Morgan fingerprint density at radius 2 is 1.34 bits per heavy atom. The number of hydrogen-bond acceptors (Lipinski definition) is 4. The van der Waals surface area contributed by atoms with Crippen LogP contribution in [0.2, 0.25) is 0 Å². The molecule has 1 aromatic heterocycles. The van der Waals surface area contributed by atoms with Crippen molar-refractivity contribution in [1.29, 1.82) is 0 Å². The van der Waals surface area contributed by atoms with Gasteiger partial charge in [-0.3, -0.25) is 4.57 Å². The Hall–Kier alpha value is -0.680. The summed E-state index contributed by atoms with van der Waals surface area (Å²) in [6, 6.07) is 0. The van der Waals surface area contributed by atoms with E-state index in [1.807, 2.05) is 13.8 Å². The minimum absolute atomic E-state index is 0.226. The molecule has 0 fully saturated rings. The molecule has 0 bridgehead atoms. The van der Waals surface area contributed by atoms with Crippen LogP contribution in [0.3, 0.4) is 0 Å². The number of hydrogen-bond donors (Lipinski definition) is 0. The molecule has 1 heterocycles. The van der Waals surface area contributed by atoms with Crippen molar-refractivity contribution in [2.45, 2.75) is 111 Å². The van der Waals surface area contributed by atoms with Crippen molar-refractivity contribution in [1.82, 2.24) is 4.57 Å². The number of aryl methyl sites for hydroxylation is 2. The summed E-state index contributed by atoms with van der Waals surface area (Å²) < 4.78 is 24.7. The lowest BCUT2D eigenvalue weighted by Crippen LogP contribution is -2.30. The quantitative estimate of drug-likeness (QED) is 0.182. The van der Waals surface area contributed by atoms with Crippen LogP contribution in [-0.2, 0) is 26.7 Å². The molecule has 0 saturated heterocycles. The van der Waals surface area contributed by atoms with Crippen molar-refractivity contribution in [3.8, 4) is 0 Å². The van der Waals surface area contributed by atoms with Crippen LogP contribution in [0.1, 0.15) is 98.3 Å². The summed E-state index contributed by atoms with van der Waals surface area (Å²) in [4.78, 5) is 11.0. The summed E-state index contributed by atoms with van der Waals surface area (Å²) >= 11 is 0. The highest BCUT2D eigenvalue weighted by molar-refractivity contribution is 7.45. The van der Waals surface area contributed by atoms with E-state index in [4.69, 9.17) is 0 Å². The second-order valence-electron chi connectivity index (χ2n) is 7.42. The van der Waals surface area contributed by atoms with Crippen LogP contribution in [0.4, 0.5) is 0 Å². The van der Waals surface area contributed by atoms with Gasteiger partial charge in [0.25, 0.3) is 7.82 Å². The molecule has 0 spiro atoms. The van der Waals surface area contributed by atoms with E-state index in [0.29, 0.717) is 0 Å². The molecular formula is C22H45N2O4P. The Labute approximate surface area is 179 Å². The number of unbranched alkanes of at least 4 members (excludes halogenated alkanes) is 8. The van der Waals surface area contributed by atoms with E-state index in [1.54, 1.807) is 0 Å². The van der Waals surface area contributed by atoms with Gasteiger partial charge >= 0.3 is 0 Å². The van der Waals surface area contributed by atoms with Gasteiger partial charge in [0.05, 0.1) is 26.3 Å². The molecule has 7 heteroatoms. The molecule has 0 unspecified atom stereocenters.